The zero-order valence-corrected chi connectivity index (χ0v) is 12.6. The third-order valence-corrected chi connectivity index (χ3v) is 3.54. The highest BCUT2D eigenvalue weighted by molar-refractivity contribution is 9.10. The zero-order chi connectivity index (χ0) is 14.5. The number of benzene rings is 2. The second-order valence-electron chi connectivity index (χ2n) is 4.56. The Morgan fingerprint density at radius 1 is 1.25 bits per heavy atom. The Hall–Kier alpha value is -1.86. The summed E-state index contributed by atoms with van der Waals surface area (Å²) in [5.74, 6) is -0.236. The van der Waals surface area contributed by atoms with Crippen molar-refractivity contribution >= 4 is 21.6 Å². The predicted molar refractivity (Wildman–Crippen MR) is 81.9 cm³/mol. The van der Waals surface area contributed by atoms with Crippen LogP contribution in [0.4, 0.5) is 10.1 Å². The van der Waals surface area contributed by atoms with Crippen LogP contribution >= 0.6 is 15.9 Å². The van der Waals surface area contributed by atoms with E-state index >= 15 is 0 Å². The van der Waals surface area contributed by atoms with Gasteiger partial charge in [-0.15, -0.1) is 0 Å². The Morgan fingerprint density at radius 3 is 2.55 bits per heavy atom. The van der Waals surface area contributed by atoms with Crippen molar-refractivity contribution in [3.63, 3.8) is 0 Å². The summed E-state index contributed by atoms with van der Waals surface area (Å²) in [5, 5.41) is 11.9. The van der Waals surface area contributed by atoms with Gasteiger partial charge in [0.25, 0.3) is 0 Å². The molecule has 0 aliphatic rings. The van der Waals surface area contributed by atoms with Crippen LogP contribution in [0.15, 0.2) is 46.9 Å². The van der Waals surface area contributed by atoms with Crippen molar-refractivity contribution in [1.82, 2.24) is 0 Å². The zero-order valence-electron chi connectivity index (χ0n) is 11.0. The summed E-state index contributed by atoms with van der Waals surface area (Å²) in [4.78, 5) is 0. The Bertz CT molecular complexity index is 632. The van der Waals surface area contributed by atoms with E-state index in [9.17, 15) is 4.39 Å². The van der Waals surface area contributed by atoms with E-state index in [1.165, 1.54) is 6.07 Å². The largest absolute Gasteiger partial charge is 0.378 e. The molecule has 0 aliphatic carbocycles. The highest BCUT2D eigenvalue weighted by Crippen LogP contribution is 2.24. The van der Waals surface area contributed by atoms with E-state index in [1.807, 2.05) is 37.3 Å². The molecule has 1 unspecified atom stereocenters. The summed E-state index contributed by atoms with van der Waals surface area (Å²) in [6, 6.07) is 14.6. The molecule has 2 aromatic rings. The Morgan fingerprint density at radius 2 is 1.95 bits per heavy atom. The fourth-order valence-corrected chi connectivity index (χ4v) is 2.32. The molecule has 20 heavy (non-hydrogen) atoms. The van der Waals surface area contributed by atoms with Gasteiger partial charge in [-0.1, -0.05) is 34.1 Å². The fourth-order valence-electron chi connectivity index (χ4n) is 1.99. The van der Waals surface area contributed by atoms with Crippen LogP contribution in [0.1, 0.15) is 24.1 Å². The van der Waals surface area contributed by atoms with Gasteiger partial charge in [-0.3, -0.25) is 0 Å². The number of rotatable bonds is 4. The first-order valence-corrected chi connectivity index (χ1v) is 7.07. The third-order valence-electron chi connectivity index (χ3n) is 3.05. The molecule has 0 bridgehead atoms. The molecule has 0 aliphatic heterocycles. The molecular weight excluding hydrogens is 319 g/mol. The molecule has 1 N–H and O–H groups in total. The van der Waals surface area contributed by atoms with E-state index in [0.717, 1.165) is 15.7 Å². The van der Waals surface area contributed by atoms with Crippen molar-refractivity contribution in [1.29, 1.82) is 5.26 Å². The standard InChI is InChI=1S/C16H14BrFN2/c1-11(15-7-4-13(17)10-16(15)18)20-14-5-2-12(3-6-14)8-9-19/h2-7,10-11,20H,8H2,1H3. The summed E-state index contributed by atoms with van der Waals surface area (Å²) < 4.78 is 14.6. The Kier molecular flexibility index (Phi) is 4.75. The molecule has 0 saturated carbocycles. The summed E-state index contributed by atoms with van der Waals surface area (Å²) in [5.41, 5.74) is 2.50. The average molecular weight is 333 g/mol. The maximum atomic E-state index is 13.9. The van der Waals surface area contributed by atoms with E-state index in [1.54, 1.807) is 6.07 Å². The summed E-state index contributed by atoms with van der Waals surface area (Å²) in [6.07, 6.45) is 0.400. The van der Waals surface area contributed by atoms with Crippen LogP contribution in [0.2, 0.25) is 0 Å². The van der Waals surface area contributed by atoms with E-state index in [2.05, 4.69) is 27.3 Å². The number of nitriles is 1. The van der Waals surface area contributed by atoms with Crippen molar-refractivity contribution in [3.05, 3.63) is 63.9 Å². The number of anilines is 1. The summed E-state index contributed by atoms with van der Waals surface area (Å²) in [7, 11) is 0. The highest BCUT2D eigenvalue weighted by Gasteiger charge is 2.11. The monoisotopic (exact) mass is 332 g/mol. The molecular formula is C16H14BrFN2. The first kappa shape index (κ1) is 14.5. The molecule has 2 rings (SSSR count). The van der Waals surface area contributed by atoms with Crippen LogP contribution in [-0.4, -0.2) is 0 Å². The lowest BCUT2D eigenvalue weighted by Gasteiger charge is -2.16. The molecule has 2 aromatic carbocycles. The molecule has 0 amide bonds. The third kappa shape index (κ3) is 3.58. The van der Waals surface area contributed by atoms with Crippen LogP contribution in [0, 0.1) is 17.1 Å². The van der Waals surface area contributed by atoms with Crippen LogP contribution in [-0.2, 0) is 6.42 Å². The Labute approximate surface area is 126 Å². The molecule has 0 fully saturated rings. The van der Waals surface area contributed by atoms with Gasteiger partial charge in [0.2, 0.25) is 0 Å². The molecule has 2 nitrogen and oxygen atoms in total. The maximum absolute atomic E-state index is 13.9. The molecule has 102 valence electrons. The van der Waals surface area contributed by atoms with Gasteiger partial charge in [-0.25, -0.2) is 4.39 Å². The first-order valence-electron chi connectivity index (χ1n) is 6.27. The lowest BCUT2D eigenvalue weighted by Crippen LogP contribution is -2.08. The summed E-state index contributed by atoms with van der Waals surface area (Å²) >= 11 is 3.25. The first-order chi connectivity index (χ1) is 9.60. The van der Waals surface area contributed by atoms with E-state index in [-0.39, 0.29) is 11.9 Å². The van der Waals surface area contributed by atoms with Crippen molar-refractivity contribution in [2.75, 3.05) is 5.32 Å². The van der Waals surface area contributed by atoms with Gasteiger partial charge in [0.15, 0.2) is 0 Å². The molecule has 0 spiro atoms. The number of nitrogens with one attached hydrogen (secondary N) is 1. The van der Waals surface area contributed by atoms with Crippen molar-refractivity contribution in [2.45, 2.75) is 19.4 Å². The van der Waals surface area contributed by atoms with Gasteiger partial charge in [-0.05, 0) is 36.8 Å². The topological polar surface area (TPSA) is 35.8 Å². The minimum absolute atomic E-state index is 0.134. The van der Waals surface area contributed by atoms with E-state index in [0.29, 0.717) is 12.0 Å². The van der Waals surface area contributed by atoms with Gasteiger partial charge in [0, 0.05) is 15.7 Å². The lowest BCUT2D eigenvalue weighted by molar-refractivity contribution is 0.599. The van der Waals surface area contributed by atoms with Crippen molar-refractivity contribution in [3.8, 4) is 6.07 Å². The summed E-state index contributed by atoms with van der Waals surface area (Å²) in [6.45, 7) is 1.91. The van der Waals surface area contributed by atoms with Gasteiger partial charge < -0.3 is 5.32 Å². The smallest absolute Gasteiger partial charge is 0.129 e. The van der Waals surface area contributed by atoms with Crippen molar-refractivity contribution < 1.29 is 4.39 Å². The average Bonchev–Trinajstić information content (AvgIpc) is 2.41. The molecule has 0 saturated heterocycles. The van der Waals surface area contributed by atoms with Crippen LogP contribution in [0.3, 0.4) is 0 Å². The number of nitrogens with zero attached hydrogens (tertiary/aromatic N) is 1. The minimum Gasteiger partial charge on any atom is -0.378 e. The molecule has 0 radical (unpaired) electrons. The SMILES string of the molecule is CC(Nc1ccc(CC#N)cc1)c1ccc(Br)cc1F. The van der Waals surface area contributed by atoms with E-state index < -0.39 is 0 Å². The van der Waals surface area contributed by atoms with Gasteiger partial charge >= 0.3 is 0 Å². The van der Waals surface area contributed by atoms with Crippen molar-refractivity contribution in [2.24, 2.45) is 0 Å². The number of halogens is 2. The molecule has 0 heterocycles. The normalized spacial score (nSPS) is 11.7. The molecule has 0 aromatic heterocycles. The van der Waals surface area contributed by atoms with Gasteiger partial charge in [0.1, 0.15) is 5.82 Å². The number of hydrogen-bond donors (Lipinski definition) is 1. The number of hydrogen-bond acceptors (Lipinski definition) is 2. The van der Waals surface area contributed by atoms with Crippen LogP contribution in [0.5, 0.6) is 0 Å². The maximum Gasteiger partial charge on any atom is 0.129 e. The quantitative estimate of drug-likeness (QED) is 0.870. The second kappa shape index (κ2) is 6.53. The second-order valence-corrected chi connectivity index (χ2v) is 5.48. The highest BCUT2D eigenvalue weighted by atomic mass is 79.9. The minimum atomic E-state index is -0.236. The molecule has 4 heteroatoms. The lowest BCUT2D eigenvalue weighted by atomic mass is 10.1. The fraction of sp³-hybridized carbons (Fsp3) is 0.188. The van der Waals surface area contributed by atoms with E-state index in [4.69, 9.17) is 5.26 Å². The van der Waals surface area contributed by atoms with Gasteiger partial charge in [-0.2, -0.15) is 5.26 Å². The molecule has 1 atom stereocenters. The van der Waals surface area contributed by atoms with Crippen LogP contribution < -0.4 is 5.32 Å². The predicted octanol–water partition coefficient (Wildman–Crippen LogP) is 4.83. The van der Waals surface area contributed by atoms with Gasteiger partial charge in [0.05, 0.1) is 18.5 Å². The Balaban J connectivity index is 2.11. The van der Waals surface area contributed by atoms with Crippen LogP contribution in [0.25, 0.3) is 0 Å².